The molecular formula is C28H39F3N2O6. The van der Waals surface area contributed by atoms with Gasteiger partial charge in [0.1, 0.15) is 11.9 Å². The summed E-state index contributed by atoms with van der Waals surface area (Å²) in [5.74, 6) is -2.16. The van der Waals surface area contributed by atoms with Crippen molar-refractivity contribution < 1.29 is 41.8 Å². The van der Waals surface area contributed by atoms with E-state index in [-0.39, 0.29) is 38.2 Å². The molecule has 0 unspecified atom stereocenters. The number of ether oxygens (including phenoxy) is 3. The van der Waals surface area contributed by atoms with Crippen LogP contribution in [0, 0.1) is 0 Å². The summed E-state index contributed by atoms with van der Waals surface area (Å²) in [7, 11) is 0. The zero-order chi connectivity index (χ0) is 28.7. The van der Waals surface area contributed by atoms with E-state index in [0.717, 1.165) is 18.4 Å². The third kappa shape index (κ3) is 8.93. The van der Waals surface area contributed by atoms with Crippen molar-refractivity contribution in [3.63, 3.8) is 0 Å². The molecule has 1 aromatic rings. The predicted molar refractivity (Wildman–Crippen MR) is 137 cm³/mol. The SMILES string of the molecule is CC(C)(C)OC(=O)N1CCC[C@](CC=O)(NC(=O)C(F)(F)F)[C@@H]1COC1CCC(OCc2ccccc2)CC1. The largest absolute Gasteiger partial charge is 0.471 e. The molecule has 2 aliphatic rings. The van der Waals surface area contributed by atoms with Gasteiger partial charge in [0, 0.05) is 13.0 Å². The van der Waals surface area contributed by atoms with Gasteiger partial charge < -0.3 is 29.2 Å². The maximum Gasteiger partial charge on any atom is 0.471 e. The summed E-state index contributed by atoms with van der Waals surface area (Å²) >= 11 is 0. The van der Waals surface area contributed by atoms with E-state index in [1.165, 1.54) is 4.90 Å². The fourth-order valence-corrected chi connectivity index (χ4v) is 5.24. The van der Waals surface area contributed by atoms with Gasteiger partial charge in [-0.3, -0.25) is 4.79 Å². The van der Waals surface area contributed by atoms with Crippen molar-refractivity contribution in [1.29, 1.82) is 0 Å². The minimum atomic E-state index is -5.15. The summed E-state index contributed by atoms with van der Waals surface area (Å²) in [5, 5.41) is 2.05. The second-order valence-corrected chi connectivity index (χ2v) is 11.3. The fraction of sp³-hybridized carbons (Fsp3) is 0.679. The van der Waals surface area contributed by atoms with E-state index in [1.54, 1.807) is 20.8 Å². The van der Waals surface area contributed by atoms with Gasteiger partial charge in [-0.25, -0.2) is 4.79 Å². The Bertz CT molecular complexity index is 960. The van der Waals surface area contributed by atoms with Crippen molar-refractivity contribution in [1.82, 2.24) is 10.2 Å². The third-order valence-corrected chi connectivity index (χ3v) is 7.17. The number of hydrogen-bond donors (Lipinski definition) is 1. The molecule has 8 nitrogen and oxygen atoms in total. The van der Waals surface area contributed by atoms with Crippen molar-refractivity contribution in [2.45, 2.75) is 108 Å². The molecule has 1 saturated heterocycles. The number of amides is 2. The summed E-state index contributed by atoms with van der Waals surface area (Å²) in [4.78, 5) is 38.1. The lowest BCUT2D eigenvalue weighted by atomic mass is 9.78. The summed E-state index contributed by atoms with van der Waals surface area (Å²) < 4.78 is 57.5. The van der Waals surface area contributed by atoms with Crippen LogP contribution in [0.25, 0.3) is 0 Å². The normalized spacial score (nSPS) is 26.1. The summed E-state index contributed by atoms with van der Waals surface area (Å²) in [6.45, 7) is 5.61. The summed E-state index contributed by atoms with van der Waals surface area (Å²) in [6, 6.07) is 8.83. The summed E-state index contributed by atoms with van der Waals surface area (Å²) in [5.41, 5.74) is -1.40. The van der Waals surface area contributed by atoms with E-state index in [1.807, 2.05) is 30.3 Å². The molecule has 1 aliphatic heterocycles. The first-order valence-corrected chi connectivity index (χ1v) is 13.4. The fourth-order valence-electron chi connectivity index (χ4n) is 5.24. The number of carbonyl (C=O) groups is 3. The first-order valence-electron chi connectivity index (χ1n) is 13.4. The zero-order valence-electron chi connectivity index (χ0n) is 22.8. The Labute approximate surface area is 227 Å². The molecule has 2 amide bonds. The zero-order valence-corrected chi connectivity index (χ0v) is 22.8. The predicted octanol–water partition coefficient (Wildman–Crippen LogP) is 4.94. The number of alkyl halides is 3. The number of nitrogens with zero attached hydrogens (tertiary/aromatic N) is 1. The molecule has 2 fully saturated rings. The van der Waals surface area contributed by atoms with Crippen LogP contribution in [0.5, 0.6) is 0 Å². The minimum absolute atomic E-state index is 0.0678. The van der Waals surface area contributed by atoms with Crippen molar-refractivity contribution in [3.05, 3.63) is 35.9 Å². The second-order valence-electron chi connectivity index (χ2n) is 11.3. The number of benzene rings is 1. The first-order chi connectivity index (χ1) is 18.3. The molecular weight excluding hydrogens is 517 g/mol. The lowest BCUT2D eigenvalue weighted by molar-refractivity contribution is -0.178. The molecule has 1 aliphatic carbocycles. The summed E-state index contributed by atoms with van der Waals surface area (Å²) in [6.07, 6.45) is -2.72. The van der Waals surface area contributed by atoms with Crippen molar-refractivity contribution in [3.8, 4) is 0 Å². The van der Waals surface area contributed by atoms with Gasteiger partial charge in [-0.1, -0.05) is 30.3 Å². The van der Waals surface area contributed by atoms with E-state index in [0.29, 0.717) is 25.7 Å². The van der Waals surface area contributed by atoms with Crippen molar-refractivity contribution >= 4 is 18.3 Å². The Balaban J connectivity index is 1.70. The second kappa shape index (κ2) is 13.1. The molecule has 1 heterocycles. The Hall–Kier alpha value is -2.66. The number of likely N-dealkylation sites (tertiary alicyclic amines) is 1. The van der Waals surface area contributed by atoms with Crippen molar-refractivity contribution in [2.24, 2.45) is 0 Å². The highest BCUT2D eigenvalue weighted by Gasteiger charge is 2.52. The first kappa shape index (κ1) is 30.9. The van der Waals surface area contributed by atoms with Crippen LogP contribution in [-0.2, 0) is 30.4 Å². The van der Waals surface area contributed by atoms with Crippen LogP contribution in [0.4, 0.5) is 18.0 Å². The highest BCUT2D eigenvalue weighted by Crippen LogP contribution is 2.34. The number of nitrogens with one attached hydrogen (secondary N) is 1. The Morgan fingerprint density at radius 2 is 1.67 bits per heavy atom. The van der Waals surface area contributed by atoms with E-state index in [2.05, 4.69) is 5.32 Å². The number of rotatable bonds is 9. The van der Waals surface area contributed by atoms with Gasteiger partial charge in [0.2, 0.25) is 0 Å². The molecule has 1 aromatic carbocycles. The van der Waals surface area contributed by atoms with Gasteiger partial charge in [0.05, 0.1) is 37.0 Å². The van der Waals surface area contributed by atoms with Crippen LogP contribution >= 0.6 is 0 Å². The van der Waals surface area contributed by atoms with E-state index in [4.69, 9.17) is 14.2 Å². The van der Waals surface area contributed by atoms with Crippen LogP contribution < -0.4 is 5.32 Å². The van der Waals surface area contributed by atoms with Crippen LogP contribution in [0.2, 0.25) is 0 Å². The number of halogens is 3. The van der Waals surface area contributed by atoms with Crippen LogP contribution in [0.15, 0.2) is 30.3 Å². The lowest BCUT2D eigenvalue weighted by Crippen LogP contribution is -2.69. The number of piperidine rings is 1. The molecule has 3 rings (SSSR count). The number of aldehydes is 1. The van der Waals surface area contributed by atoms with Crippen LogP contribution in [-0.4, -0.2) is 71.9 Å². The topological polar surface area (TPSA) is 94.2 Å². The molecule has 0 spiro atoms. The Kier molecular flexibility index (Phi) is 10.4. The molecule has 2 atom stereocenters. The van der Waals surface area contributed by atoms with Gasteiger partial charge >= 0.3 is 18.2 Å². The van der Waals surface area contributed by atoms with Gasteiger partial charge in [-0.15, -0.1) is 0 Å². The third-order valence-electron chi connectivity index (χ3n) is 7.17. The Morgan fingerprint density at radius 3 is 2.23 bits per heavy atom. The standard InChI is InChI=1S/C28H39F3N2O6/c1-26(2,3)39-25(36)33-16-7-14-27(15-17-34,32-24(35)28(29,30)31)23(33)19-38-22-12-10-21(11-13-22)37-18-20-8-5-4-6-9-20/h4-6,8-9,17,21-23H,7,10-16,18-19H2,1-3H3,(H,32,35)/t21?,22?,23-,27+/m0/s1. The van der Waals surface area contributed by atoms with Gasteiger partial charge in [0.25, 0.3) is 0 Å². The minimum Gasteiger partial charge on any atom is -0.444 e. The average Bonchev–Trinajstić information content (AvgIpc) is 2.86. The number of carbonyl (C=O) groups excluding carboxylic acids is 3. The van der Waals surface area contributed by atoms with Gasteiger partial charge in [0.15, 0.2) is 0 Å². The molecule has 11 heteroatoms. The molecule has 1 N–H and O–H groups in total. The van der Waals surface area contributed by atoms with Crippen LogP contribution in [0.1, 0.15) is 71.3 Å². The molecule has 0 bridgehead atoms. The molecule has 1 saturated carbocycles. The Morgan fingerprint density at radius 1 is 1.05 bits per heavy atom. The molecule has 218 valence electrons. The van der Waals surface area contributed by atoms with Gasteiger partial charge in [-0.2, -0.15) is 13.2 Å². The van der Waals surface area contributed by atoms with Crippen molar-refractivity contribution in [2.75, 3.05) is 13.2 Å². The molecule has 39 heavy (non-hydrogen) atoms. The monoisotopic (exact) mass is 556 g/mol. The van der Waals surface area contributed by atoms with E-state index >= 15 is 0 Å². The smallest absolute Gasteiger partial charge is 0.444 e. The quantitative estimate of drug-likeness (QED) is 0.433. The molecule has 0 radical (unpaired) electrons. The lowest BCUT2D eigenvalue weighted by Gasteiger charge is -2.49. The maximum absolute atomic E-state index is 13.3. The van der Waals surface area contributed by atoms with E-state index < -0.39 is 41.8 Å². The number of hydrogen-bond acceptors (Lipinski definition) is 6. The maximum atomic E-state index is 13.3. The van der Waals surface area contributed by atoms with E-state index in [9.17, 15) is 27.6 Å². The van der Waals surface area contributed by atoms with Crippen LogP contribution in [0.3, 0.4) is 0 Å². The highest BCUT2D eigenvalue weighted by atomic mass is 19.4. The molecule has 0 aromatic heterocycles. The average molecular weight is 557 g/mol. The van der Waals surface area contributed by atoms with Gasteiger partial charge in [-0.05, 0) is 64.9 Å². The highest BCUT2D eigenvalue weighted by molar-refractivity contribution is 5.83.